The normalized spacial score (nSPS) is 11.5. The standard InChI is InChI=1S/C7H13F3N2S/c1-5(2)3-11-6(13)12-4-7(8,9)10/h5H,3-4H2,1-2H3,(H2,11,12,13). The summed E-state index contributed by atoms with van der Waals surface area (Å²) in [6.45, 7) is 3.37. The number of hydrogen-bond acceptors (Lipinski definition) is 1. The van der Waals surface area contributed by atoms with Crippen LogP contribution in [-0.4, -0.2) is 24.4 Å². The van der Waals surface area contributed by atoms with Gasteiger partial charge in [0.1, 0.15) is 6.54 Å². The second-order valence-electron chi connectivity index (χ2n) is 3.07. The molecule has 0 unspecified atom stereocenters. The van der Waals surface area contributed by atoms with Crippen LogP contribution in [0.4, 0.5) is 13.2 Å². The Balaban J connectivity index is 3.53. The zero-order valence-corrected chi connectivity index (χ0v) is 8.35. The first-order valence-electron chi connectivity index (χ1n) is 3.89. The Morgan fingerprint density at radius 1 is 1.31 bits per heavy atom. The first kappa shape index (κ1) is 12.5. The van der Waals surface area contributed by atoms with Crippen LogP contribution in [0.2, 0.25) is 0 Å². The van der Waals surface area contributed by atoms with Gasteiger partial charge in [-0.05, 0) is 18.1 Å². The van der Waals surface area contributed by atoms with E-state index in [-0.39, 0.29) is 5.11 Å². The van der Waals surface area contributed by atoms with E-state index < -0.39 is 12.7 Å². The molecule has 0 atom stereocenters. The summed E-state index contributed by atoms with van der Waals surface area (Å²) in [6, 6.07) is 0. The summed E-state index contributed by atoms with van der Waals surface area (Å²) in [6.07, 6.45) is -4.22. The fraction of sp³-hybridized carbons (Fsp3) is 0.857. The highest BCUT2D eigenvalue weighted by Gasteiger charge is 2.26. The van der Waals surface area contributed by atoms with E-state index >= 15 is 0 Å². The highest BCUT2D eigenvalue weighted by molar-refractivity contribution is 7.80. The zero-order valence-electron chi connectivity index (χ0n) is 7.53. The van der Waals surface area contributed by atoms with Crippen LogP contribution in [0.25, 0.3) is 0 Å². The molecule has 0 rings (SSSR count). The Kier molecular flexibility index (Phi) is 5.05. The first-order valence-corrected chi connectivity index (χ1v) is 4.30. The Morgan fingerprint density at radius 3 is 2.23 bits per heavy atom. The minimum Gasteiger partial charge on any atom is -0.362 e. The molecule has 0 aromatic heterocycles. The van der Waals surface area contributed by atoms with E-state index in [4.69, 9.17) is 0 Å². The monoisotopic (exact) mass is 214 g/mol. The topological polar surface area (TPSA) is 24.1 Å². The quantitative estimate of drug-likeness (QED) is 0.699. The minimum absolute atomic E-state index is 0.0472. The largest absolute Gasteiger partial charge is 0.405 e. The molecule has 78 valence electrons. The van der Waals surface area contributed by atoms with E-state index in [2.05, 4.69) is 22.9 Å². The van der Waals surface area contributed by atoms with E-state index in [0.29, 0.717) is 12.5 Å². The van der Waals surface area contributed by atoms with Gasteiger partial charge in [0.05, 0.1) is 0 Å². The molecule has 0 amide bonds. The van der Waals surface area contributed by atoms with Crippen molar-refractivity contribution >= 4 is 17.3 Å². The van der Waals surface area contributed by atoms with Gasteiger partial charge in [-0.1, -0.05) is 13.8 Å². The molecule has 0 aliphatic heterocycles. The van der Waals surface area contributed by atoms with Crippen molar-refractivity contribution in [2.45, 2.75) is 20.0 Å². The molecule has 0 fully saturated rings. The highest BCUT2D eigenvalue weighted by Crippen LogP contribution is 2.11. The van der Waals surface area contributed by atoms with Gasteiger partial charge >= 0.3 is 6.18 Å². The number of rotatable bonds is 3. The van der Waals surface area contributed by atoms with Crippen LogP contribution in [0.3, 0.4) is 0 Å². The van der Waals surface area contributed by atoms with Gasteiger partial charge in [0.15, 0.2) is 5.11 Å². The van der Waals surface area contributed by atoms with E-state index in [1.807, 2.05) is 13.8 Å². The maximum absolute atomic E-state index is 11.7. The maximum atomic E-state index is 11.7. The highest BCUT2D eigenvalue weighted by atomic mass is 32.1. The molecule has 0 saturated heterocycles. The number of halogens is 3. The maximum Gasteiger partial charge on any atom is 0.405 e. The molecule has 0 bridgehead atoms. The molecule has 0 aromatic rings. The van der Waals surface area contributed by atoms with Crippen LogP contribution < -0.4 is 10.6 Å². The molecular formula is C7H13F3N2S. The minimum atomic E-state index is -4.22. The molecule has 13 heavy (non-hydrogen) atoms. The van der Waals surface area contributed by atoms with Crippen molar-refractivity contribution < 1.29 is 13.2 Å². The summed E-state index contributed by atoms with van der Waals surface area (Å²) in [5.41, 5.74) is 0. The van der Waals surface area contributed by atoms with Gasteiger partial charge in [0, 0.05) is 6.54 Å². The van der Waals surface area contributed by atoms with Gasteiger partial charge in [-0.2, -0.15) is 13.2 Å². The molecule has 0 aliphatic rings. The number of thiocarbonyl (C=S) groups is 1. The lowest BCUT2D eigenvalue weighted by molar-refractivity contribution is -0.122. The fourth-order valence-corrected chi connectivity index (χ4v) is 0.695. The van der Waals surface area contributed by atoms with Gasteiger partial charge in [0.2, 0.25) is 0 Å². The predicted octanol–water partition coefficient (Wildman–Crippen LogP) is 1.67. The van der Waals surface area contributed by atoms with Gasteiger partial charge in [-0.25, -0.2) is 0 Å². The number of alkyl halides is 3. The summed E-state index contributed by atoms with van der Waals surface area (Å²) < 4.78 is 35.0. The third-order valence-corrected chi connectivity index (χ3v) is 1.41. The van der Waals surface area contributed by atoms with Gasteiger partial charge in [-0.3, -0.25) is 0 Å². The molecule has 2 nitrogen and oxygen atoms in total. The second kappa shape index (κ2) is 5.26. The molecule has 6 heteroatoms. The Bertz CT molecular complexity index is 168. The summed E-state index contributed by atoms with van der Waals surface area (Å²) in [7, 11) is 0. The lowest BCUT2D eigenvalue weighted by atomic mass is 10.2. The fourth-order valence-electron chi connectivity index (χ4n) is 0.540. The molecule has 0 aromatic carbocycles. The van der Waals surface area contributed by atoms with Crippen molar-refractivity contribution in [3.63, 3.8) is 0 Å². The van der Waals surface area contributed by atoms with Crippen molar-refractivity contribution in [3.8, 4) is 0 Å². The molecule has 0 spiro atoms. The van der Waals surface area contributed by atoms with E-state index in [1.54, 1.807) is 0 Å². The molecule has 0 radical (unpaired) electrons. The van der Waals surface area contributed by atoms with E-state index in [1.165, 1.54) is 0 Å². The third kappa shape index (κ3) is 9.39. The smallest absolute Gasteiger partial charge is 0.362 e. The summed E-state index contributed by atoms with van der Waals surface area (Å²) in [5, 5.41) is 4.80. The Hall–Kier alpha value is -0.520. The first-order chi connectivity index (χ1) is 5.81. The van der Waals surface area contributed by atoms with Crippen LogP contribution in [-0.2, 0) is 0 Å². The van der Waals surface area contributed by atoms with Crippen molar-refractivity contribution in [1.29, 1.82) is 0 Å². The van der Waals surface area contributed by atoms with Crippen LogP contribution in [0, 0.1) is 5.92 Å². The molecule has 2 N–H and O–H groups in total. The average Bonchev–Trinajstić information content (AvgIpc) is 1.95. The molecule has 0 heterocycles. The zero-order chi connectivity index (χ0) is 10.5. The van der Waals surface area contributed by atoms with E-state index in [9.17, 15) is 13.2 Å². The van der Waals surface area contributed by atoms with Crippen molar-refractivity contribution in [1.82, 2.24) is 10.6 Å². The lowest BCUT2D eigenvalue weighted by Gasteiger charge is -2.13. The van der Waals surface area contributed by atoms with Gasteiger partial charge in [-0.15, -0.1) is 0 Å². The van der Waals surface area contributed by atoms with Crippen LogP contribution in [0.5, 0.6) is 0 Å². The Labute approximate surface area is 80.9 Å². The summed E-state index contributed by atoms with van der Waals surface area (Å²) >= 11 is 4.62. The Morgan fingerprint density at radius 2 is 1.85 bits per heavy atom. The van der Waals surface area contributed by atoms with Crippen molar-refractivity contribution in [2.24, 2.45) is 5.92 Å². The summed E-state index contributed by atoms with van der Waals surface area (Å²) in [5.74, 6) is 0.352. The van der Waals surface area contributed by atoms with Crippen molar-refractivity contribution in [2.75, 3.05) is 13.1 Å². The predicted molar refractivity (Wildman–Crippen MR) is 49.5 cm³/mol. The summed E-state index contributed by atoms with van der Waals surface area (Å²) in [4.78, 5) is 0. The molecule has 0 saturated carbocycles. The van der Waals surface area contributed by atoms with Gasteiger partial charge < -0.3 is 10.6 Å². The second-order valence-corrected chi connectivity index (χ2v) is 3.48. The van der Waals surface area contributed by atoms with Crippen LogP contribution in [0.15, 0.2) is 0 Å². The van der Waals surface area contributed by atoms with Crippen LogP contribution in [0.1, 0.15) is 13.8 Å². The van der Waals surface area contributed by atoms with Crippen molar-refractivity contribution in [3.05, 3.63) is 0 Å². The SMILES string of the molecule is CC(C)CNC(=S)NCC(F)(F)F. The van der Waals surface area contributed by atoms with Crippen LogP contribution >= 0.6 is 12.2 Å². The third-order valence-electron chi connectivity index (χ3n) is 1.12. The van der Waals surface area contributed by atoms with E-state index in [0.717, 1.165) is 0 Å². The van der Waals surface area contributed by atoms with Gasteiger partial charge in [0.25, 0.3) is 0 Å². The number of hydrogen-bond donors (Lipinski definition) is 2. The number of nitrogens with one attached hydrogen (secondary N) is 2. The molecule has 0 aliphatic carbocycles. The molecular weight excluding hydrogens is 201 g/mol. The average molecular weight is 214 g/mol. The lowest BCUT2D eigenvalue weighted by Crippen LogP contribution is -2.41.